The lowest BCUT2D eigenvalue weighted by molar-refractivity contribution is -0.155. The van der Waals surface area contributed by atoms with Gasteiger partial charge >= 0.3 is 17.6 Å². The van der Waals surface area contributed by atoms with Gasteiger partial charge in [-0.1, -0.05) is 0 Å². The summed E-state index contributed by atoms with van der Waals surface area (Å²) in [5.41, 5.74) is -1.07. The van der Waals surface area contributed by atoms with E-state index >= 15 is 0 Å². The fourth-order valence-electron chi connectivity index (χ4n) is 3.01. The van der Waals surface area contributed by atoms with Crippen LogP contribution in [0.3, 0.4) is 0 Å². The van der Waals surface area contributed by atoms with E-state index in [1.54, 1.807) is 0 Å². The number of esters is 2. The van der Waals surface area contributed by atoms with Crippen LogP contribution in [0.4, 0.5) is 22.0 Å². The molecule has 3 rings (SSSR count). The maximum Gasteiger partial charge on any atom is 0.352 e. The summed E-state index contributed by atoms with van der Waals surface area (Å²) < 4.78 is 88.4. The molecule has 0 N–H and O–H groups in total. The van der Waals surface area contributed by atoms with Gasteiger partial charge in [0.15, 0.2) is 0 Å². The van der Waals surface area contributed by atoms with Crippen LogP contribution in [0.25, 0.3) is 0 Å². The van der Waals surface area contributed by atoms with E-state index in [9.17, 15) is 36.3 Å². The highest BCUT2D eigenvalue weighted by atomic mass is 19.2. The molecule has 0 aliphatic carbocycles. The van der Waals surface area contributed by atoms with Gasteiger partial charge in [-0.05, 0) is 0 Å². The number of halogens is 5. The molecule has 1 fully saturated rings. The van der Waals surface area contributed by atoms with E-state index in [1.807, 2.05) is 0 Å². The van der Waals surface area contributed by atoms with E-state index < -0.39 is 76.8 Å². The average molecular weight is 478 g/mol. The van der Waals surface area contributed by atoms with Gasteiger partial charge in [-0.2, -0.15) is 13.8 Å². The zero-order chi connectivity index (χ0) is 24.4. The third-order valence-corrected chi connectivity index (χ3v) is 4.44. The van der Waals surface area contributed by atoms with E-state index in [-0.39, 0.29) is 13.0 Å². The van der Waals surface area contributed by atoms with Crippen molar-refractivity contribution in [3.8, 4) is 11.6 Å². The maximum atomic E-state index is 13.8. The molecule has 2 heterocycles. The lowest BCUT2D eigenvalue weighted by Crippen LogP contribution is -2.31. The van der Waals surface area contributed by atoms with Crippen LogP contribution in [0, 0.1) is 29.1 Å². The number of ether oxygens (including phenoxy) is 4. The van der Waals surface area contributed by atoms with Crippen molar-refractivity contribution >= 4 is 11.9 Å². The first-order chi connectivity index (χ1) is 15.5. The standard InChI is InChI=1S/C19H15F5N2O7/c1-7(27)30-6-10-9(31-8(2)28)5-12(32-10)26-4-3-11(25-19(26)29)33-18-16(23)14(21)13(20)15(22)17(18)24/h3-4,9-10,12H,5-6H2,1-2H3/t9-,10+,12+/m0/s1. The minimum absolute atomic E-state index is 0.0368. The van der Waals surface area contributed by atoms with Crippen molar-refractivity contribution in [2.45, 2.75) is 38.7 Å². The lowest BCUT2D eigenvalue weighted by atomic mass is 10.2. The molecule has 1 aromatic heterocycles. The number of hydrogen-bond donors (Lipinski definition) is 0. The molecule has 0 saturated carbocycles. The molecule has 0 radical (unpaired) electrons. The van der Waals surface area contributed by atoms with Gasteiger partial charge in [-0.3, -0.25) is 14.2 Å². The summed E-state index contributed by atoms with van der Waals surface area (Å²) in [6, 6.07) is 0.920. The van der Waals surface area contributed by atoms with Crippen molar-refractivity contribution < 1.29 is 50.5 Å². The smallest absolute Gasteiger partial charge is 0.352 e. The molecule has 1 aliphatic rings. The molecule has 1 saturated heterocycles. The normalized spacial score (nSPS) is 19.9. The predicted molar refractivity (Wildman–Crippen MR) is 95.5 cm³/mol. The van der Waals surface area contributed by atoms with Gasteiger partial charge in [0.25, 0.3) is 0 Å². The zero-order valence-electron chi connectivity index (χ0n) is 16.9. The molecule has 14 heteroatoms. The van der Waals surface area contributed by atoms with Gasteiger partial charge in [-0.25, -0.2) is 18.0 Å². The van der Waals surface area contributed by atoms with Crippen molar-refractivity contribution in [2.75, 3.05) is 6.61 Å². The summed E-state index contributed by atoms with van der Waals surface area (Å²) in [7, 11) is 0. The molecule has 9 nitrogen and oxygen atoms in total. The highest BCUT2D eigenvalue weighted by Gasteiger charge is 2.39. The Morgan fingerprint density at radius 1 is 1.06 bits per heavy atom. The first-order valence-corrected chi connectivity index (χ1v) is 9.24. The summed E-state index contributed by atoms with van der Waals surface area (Å²) in [4.78, 5) is 38.1. The number of hydrogen-bond acceptors (Lipinski definition) is 8. The Kier molecular flexibility index (Phi) is 6.95. The number of nitrogens with zero attached hydrogens (tertiary/aromatic N) is 2. The Bertz CT molecular complexity index is 1130. The fraction of sp³-hybridized carbons (Fsp3) is 0.368. The molecule has 178 valence electrons. The van der Waals surface area contributed by atoms with E-state index in [4.69, 9.17) is 14.2 Å². The Balaban J connectivity index is 1.83. The van der Waals surface area contributed by atoms with Crippen molar-refractivity contribution in [2.24, 2.45) is 0 Å². The zero-order valence-corrected chi connectivity index (χ0v) is 16.9. The van der Waals surface area contributed by atoms with Gasteiger partial charge in [0.1, 0.15) is 25.0 Å². The molecular formula is C19H15F5N2O7. The summed E-state index contributed by atoms with van der Waals surface area (Å²) in [6.07, 6.45) is -1.83. The molecule has 1 aromatic carbocycles. The SMILES string of the molecule is CC(=O)OC[C@H]1O[C@@H](n2ccc(Oc3c(F)c(F)c(F)c(F)c3F)nc2=O)C[C@@H]1OC(C)=O. The average Bonchev–Trinajstić information content (AvgIpc) is 3.14. The van der Waals surface area contributed by atoms with Gasteiger partial charge < -0.3 is 18.9 Å². The van der Waals surface area contributed by atoms with Crippen LogP contribution in [0.15, 0.2) is 17.1 Å². The molecule has 2 aromatic rings. The first-order valence-electron chi connectivity index (χ1n) is 9.24. The summed E-state index contributed by atoms with van der Waals surface area (Å²) in [5, 5.41) is 0. The number of carbonyl (C=O) groups is 2. The minimum atomic E-state index is -2.37. The van der Waals surface area contributed by atoms with Crippen LogP contribution < -0.4 is 10.4 Å². The van der Waals surface area contributed by atoms with Gasteiger partial charge in [0.05, 0.1) is 0 Å². The summed E-state index contributed by atoms with van der Waals surface area (Å²) in [6.45, 7) is 2.04. The van der Waals surface area contributed by atoms with Crippen LogP contribution in [0.5, 0.6) is 11.6 Å². The molecule has 0 unspecified atom stereocenters. The Labute approximate surface area is 181 Å². The Hall–Kier alpha value is -3.55. The topological polar surface area (TPSA) is 106 Å². The quantitative estimate of drug-likeness (QED) is 0.270. The minimum Gasteiger partial charge on any atom is -0.463 e. The molecule has 3 atom stereocenters. The maximum absolute atomic E-state index is 13.8. The van der Waals surface area contributed by atoms with Crippen LogP contribution in [-0.2, 0) is 23.8 Å². The first kappa shape index (κ1) is 24.1. The molecular weight excluding hydrogens is 463 g/mol. The monoisotopic (exact) mass is 478 g/mol. The van der Waals surface area contributed by atoms with E-state index in [0.717, 1.165) is 30.7 Å². The highest BCUT2D eigenvalue weighted by molar-refractivity contribution is 5.66. The lowest BCUT2D eigenvalue weighted by Gasteiger charge is -2.17. The second-order valence-corrected chi connectivity index (χ2v) is 6.77. The van der Waals surface area contributed by atoms with Crippen molar-refractivity contribution in [1.29, 1.82) is 0 Å². The van der Waals surface area contributed by atoms with Crippen LogP contribution in [-0.4, -0.2) is 40.3 Å². The largest absolute Gasteiger partial charge is 0.463 e. The van der Waals surface area contributed by atoms with Gasteiger partial charge in [-0.15, -0.1) is 0 Å². The molecule has 33 heavy (non-hydrogen) atoms. The van der Waals surface area contributed by atoms with Crippen molar-refractivity contribution in [3.63, 3.8) is 0 Å². The number of aromatic nitrogens is 2. The number of carbonyl (C=O) groups excluding carboxylic acids is 2. The van der Waals surface area contributed by atoms with E-state index in [2.05, 4.69) is 9.72 Å². The number of rotatable bonds is 6. The van der Waals surface area contributed by atoms with Crippen molar-refractivity contribution in [1.82, 2.24) is 9.55 Å². The molecule has 0 spiro atoms. The fourth-order valence-corrected chi connectivity index (χ4v) is 3.01. The van der Waals surface area contributed by atoms with Crippen LogP contribution in [0.1, 0.15) is 26.5 Å². The third kappa shape index (κ3) is 5.10. The second kappa shape index (κ2) is 9.52. The second-order valence-electron chi connectivity index (χ2n) is 6.77. The Morgan fingerprint density at radius 2 is 1.67 bits per heavy atom. The van der Waals surface area contributed by atoms with Crippen LogP contribution in [0.2, 0.25) is 0 Å². The predicted octanol–water partition coefficient (Wildman–Crippen LogP) is 2.51. The molecule has 0 amide bonds. The molecule has 0 bridgehead atoms. The number of benzene rings is 1. The summed E-state index contributed by atoms with van der Waals surface area (Å²) >= 11 is 0. The third-order valence-electron chi connectivity index (χ3n) is 4.44. The van der Waals surface area contributed by atoms with Crippen molar-refractivity contribution in [3.05, 3.63) is 51.8 Å². The van der Waals surface area contributed by atoms with E-state index in [0.29, 0.717) is 0 Å². The van der Waals surface area contributed by atoms with E-state index in [1.165, 1.54) is 0 Å². The van der Waals surface area contributed by atoms with Gasteiger partial charge in [0, 0.05) is 32.5 Å². The summed E-state index contributed by atoms with van der Waals surface area (Å²) in [5.74, 6) is -15.0. The van der Waals surface area contributed by atoms with Crippen LogP contribution >= 0.6 is 0 Å². The highest BCUT2D eigenvalue weighted by Crippen LogP contribution is 2.33. The van der Waals surface area contributed by atoms with Gasteiger partial charge in [0.2, 0.25) is 40.7 Å². The Morgan fingerprint density at radius 3 is 2.21 bits per heavy atom. The molecule has 1 aliphatic heterocycles.